The third-order valence-electron chi connectivity index (χ3n) is 7.58. The van der Waals surface area contributed by atoms with Crippen molar-refractivity contribution in [2.75, 3.05) is 5.75 Å². The van der Waals surface area contributed by atoms with Gasteiger partial charge in [-0.05, 0) is 67.0 Å². The first-order valence-corrected chi connectivity index (χ1v) is 16.3. The molecule has 0 saturated carbocycles. The van der Waals surface area contributed by atoms with Gasteiger partial charge in [0.2, 0.25) is 5.91 Å². The van der Waals surface area contributed by atoms with E-state index in [0.717, 1.165) is 28.5 Å². The van der Waals surface area contributed by atoms with E-state index >= 15 is 0 Å². The van der Waals surface area contributed by atoms with Crippen LogP contribution < -0.4 is 5.32 Å². The van der Waals surface area contributed by atoms with Crippen molar-refractivity contribution in [2.45, 2.75) is 19.9 Å². The minimum Gasteiger partial charge on any atom is -0.478 e. The van der Waals surface area contributed by atoms with Crippen LogP contribution in [0.15, 0.2) is 143 Å². The molecular weight excluding hydrogens is 639 g/mol. The molecule has 0 spiro atoms. The molecule has 4 aromatic rings. The van der Waals surface area contributed by atoms with Crippen LogP contribution in [0.2, 0.25) is 0 Å². The first kappa shape index (κ1) is 34.3. The Balaban J connectivity index is 1.42. The molecule has 0 saturated heterocycles. The average Bonchev–Trinajstić information content (AvgIpc) is 3.58. The molecule has 0 bridgehead atoms. The Kier molecular flexibility index (Phi) is 11.0. The number of hydrogen-bond acceptors (Lipinski definition) is 6. The topological polar surface area (TPSA) is 129 Å². The SMILES string of the molecule is C=C/C=C\C(=C/C)N1C(=O)/C(=C/c2ccc(-c3cc(C(=O)O)ccc3C)o2)C(=O)N=C1SCC(=O)NC(c1ccccc1)c1ccccc1. The van der Waals surface area contributed by atoms with Crippen molar-refractivity contribution >= 4 is 46.7 Å². The van der Waals surface area contributed by atoms with E-state index in [-0.39, 0.29) is 33.7 Å². The third kappa shape index (κ3) is 8.11. The van der Waals surface area contributed by atoms with Gasteiger partial charge in [-0.3, -0.25) is 19.3 Å². The van der Waals surface area contributed by atoms with Gasteiger partial charge in [-0.15, -0.1) is 0 Å². The number of hydrogen-bond donors (Lipinski definition) is 2. The van der Waals surface area contributed by atoms with Gasteiger partial charge in [-0.1, -0.05) is 103 Å². The number of nitrogens with zero attached hydrogens (tertiary/aromatic N) is 2. The second kappa shape index (κ2) is 15.7. The molecule has 3 amide bonds. The Labute approximate surface area is 288 Å². The van der Waals surface area contributed by atoms with Crippen molar-refractivity contribution in [3.8, 4) is 11.3 Å². The number of carboxylic acid groups (broad SMARTS) is 1. The molecule has 0 radical (unpaired) electrons. The number of furan rings is 1. The van der Waals surface area contributed by atoms with Crippen molar-refractivity contribution in [1.82, 2.24) is 10.2 Å². The number of nitrogens with one attached hydrogen (secondary N) is 1. The normalized spacial score (nSPS) is 14.4. The minimum absolute atomic E-state index is 0.0429. The number of amidine groups is 1. The fourth-order valence-electron chi connectivity index (χ4n) is 5.13. The highest BCUT2D eigenvalue weighted by Gasteiger charge is 2.35. The molecule has 246 valence electrons. The molecule has 10 heteroatoms. The maximum absolute atomic E-state index is 14.0. The third-order valence-corrected chi connectivity index (χ3v) is 8.51. The van der Waals surface area contributed by atoms with E-state index in [0.29, 0.717) is 17.0 Å². The minimum atomic E-state index is -1.07. The predicted molar refractivity (Wildman–Crippen MR) is 192 cm³/mol. The second-order valence-corrected chi connectivity index (χ2v) is 11.8. The number of thioether (sulfide) groups is 1. The Morgan fingerprint density at radius 2 is 1.67 bits per heavy atom. The van der Waals surface area contributed by atoms with Crippen LogP contribution in [0.25, 0.3) is 17.4 Å². The van der Waals surface area contributed by atoms with E-state index in [1.165, 1.54) is 23.1 Å². The monoisotopic (exact) mass is 671 g/mol. The quantitative estimate of drug-likeness (QED) is 0.0969. The number of aliphatic imine (C=N–C) groups is 1. The lowest BCUT2D eigenvalue weighted by molar-refractivity contribution is -0.126. The number of allylic oxidation sites excluding steroid dienone is 4. The van der Waals surface area contributed by atoms with Gasteiger partial charge in [-0.25, -0.2) is 4.79 Å². The number of benzene rings is 3. The molecule has 3 aromatic carbocycles. The van der Waals surface area contributed by atoms with Gasteiger partial charge < -0.3 is 14.8 Å². The molecule has 49 heavy (non-hydrogen) atoms. The predicted octanol–water partition coefficient (Wildman–Crippen LogP) is 7.35. The van der Waals surface area contributed by atoms with Gasteiger partial charge in [0.05, 0.1) is 17.4 Å². The number of aromatic carboxylic acids is 1. The summed E-state index contributed by atoms with van der Waals surface area (Å²) in [6, 6.07) is 26.7. The summed E-state index contributed by atoms with van der Waals surface area (Å²) in [5.74, 6) is -2.38. The maximum Gasteiger partial charge on any atom is 0.335 e. The maximum atomic E-state index is 14.0. The molecule has 0 unspecified atom stereocenters. The highest BCUT2D eigenvalue weighted by Crippen LogP contribution is 2.30. The number of carbonyl (C=O) groups is 4. The lowest BCUT2D eigenvalue weighted by atomic mass is 9.99. The van der Waals surface area contributed by atoms with E-state index in [9.17, 15) is 24.3 Å². The molecule has 2 heterocycles. The zero-order valence-corrected chi connectivity index (χ0v) is 27.6. The molecule has 5 rings (SSSR count). The molecule has 2 N–H and O–H groups in total. The molecule has 1 aromatic heterocycles. The standard InChI is InChI=1S/C39H33N3O6S/c1-4-6-17-29(5-2)42-37(45)32(23-30-20-21-33(48-30)31-22-28(38(46)47)19-18-25(31)3)36(44)41-39(42)49-24-34(43)40-35(26-13-9-7-10-14-26)27-15-11-8-12-16-27/h4-23,35H,1,24H2,2-3H3,(H,40,43)(H,46,47)/b17-6-,29-5+,32-23+. The Hall–Kier alpha value is -6.00. The first-order chi connectivity index (χ1) is 23.7. The van der Waals surface area contributed by atoms with E-state index in [4.69, 9.17) is 4.42 Å². The summed E-state index contributed by atoms with van der Waals surface area (Å²) in [7, 11) is 0. The van der Waals surface area contributed by atoms with Crippen LogP contribution in [-0.2, 0) is 14.4 Å². The summed E-state index contributed by atoms with van der Waals surface area (Å²) >= 11 is 0.969. The number of rotatable bonds is 11. The van der Waals surface area contributed by atoms with Crippen LogP contribution in [0.4, 0.5) is 0 Å². The molecule has 0 aliphatic carbocycles. The average molecular weight is 672 g/mol. The summed E-state index contributed by atoms with van der Waals surface area (Å²) in [6.07, 6.45) is 7.85. The lowest BCUT2D eigenvalue weighted by Crippen LogP contribution is -2.42. The summed E-state index contributed by atoms with van der Waals surface area (Å²) < 4.78 is 5.95. The highest BCUT2D eigenvalue weighted by atomic mass is 32.2. The number of aryl methyl sites for hydroxylation is 1. The largest absolute Gasteiger partial charge is 0.478 e. The van der Waals surface area contributed by atoms with Crippen molar-refractivity contribution in [2.24, 2.45) is 4.99 Å². The molecular formula is C39H33N3O6S. The van der Waals surface area contributed by atoms with Crippen LogP contribution in [-0.4, -0.2) is 44.6 Å². The van der Waals surface area contributed by atoms with Gasteiger partial charge in [-0.2, -0.15) is 4.99 Å². The Morgan fingerprint density at radius 3 is 2.29 bits per heavy atom. The smallest absolute Gasteiger partial charge is 0.335 e. The van der Waals surface area contributed by atoms with E-state index < -0.39 is 23.8 Å². The summed E-state index contributed by atoms with van der Waals surface area (Å²) in [5.41, 5.74) is 3.43. The van der Waals surface area contributed by atoms with Crippen LogP contribution >= 0.6 is 11.8 Å². The van der Waals surface area contributed by atoms with Crippen LogP contribution in [0, 0.1) is 6.92 Å². The molecule has 9 nitrogen and oxygen atoms in total. The van der Waals surface area contributed by atoms with Crippen molar-refractivity contribution in [3.05, 3.63) is 161 Å². The van der Waals surface area contributed by atoms with Crippen molar-refractivity contribution < 1.29 is 28.7 Å². The molecule has 0 fully saturated rings. The summed E-state index contributed by atoms with van der Waals surface area (Å²) in [6.45, 7) is 7.26. The van der Waals surface area contributed by atoms with Crippen molar-refractivity contribution in [3.63, 3.8) is 0 Å². The van der Waals surface area contributed by atoms with Gasteiger partial charge in [0.15, 0.2) is 5.17 Å². The van der Waals surface area contributed by atoms with Gasteiger partial charge in [0, 0.05) is 11.3 Å². The van der Waals surface area contributed by atoms with E-state index in [1.807, 2.05) is 67.6 Å². The lowest BCUT2D eigenvalue weighted by Gasteiger charge is -2.28. The Morgan fingerprint density at radius 1 is 1.00 bits per heavy atom. The number of carbonyl (C=O) groups excluding carboxylic acids is 3. The summed E-state index contributed by atoms with van der Waals surface area (Å²) in [4.78, 5) is 57.7. The van der Waals surface area contributed by atoms with Gasteiger partial charge in [0.1, 0.15) is 17.1 Å². The zero-order valence-electron chi connectivity index (χ0n) is 26.8. The van der Waals surface area contributed by atoms with Gasteiger partial charge >= 0.3 is 5.97 Å². The molecule has 1 aliphatic heterocycles. The van der Waals surface area contributed by atoms with Crippen molar-refractivity contribution in [1.29, 1.82) is 0 Å². The van der Waals surface area contributed by atoms with E-state index in [1.54, 1.807) is 49.4 Å². The molecule has 0 atom stereocenters. The fraction of sp³-hybridized carbons (Fsp3) is 0.103. The Bertz CT molecular complexity index is 1990. The van der Waals surface area contributed by atoms with Crippen LogP contribution in [0.3, 0.4) is 0 Å². The zero-order chi connectivity index (χ0) is 34.9. The van der Waals surface area contributed by atoms with Crippen LogP contribution in [0.1, 0.15) is 45.8 Å². The number of carboxylic acids is 1. The van der Waals surface area contributed by atoms with E-state index in [2.05, 4.69) is 16.9 Å². The second-order valence-electron chi connectivity index (χ2n) is 10.9. The molecule has 1 aliphatic rings. The fourth-order valence-corrected chi connectivity index (χ4v) is 5.94. The van der Waals surface area contributed by atoms with Gasteiger partial charge in [0.25, 0.3) is 11.8 Å². The summed E-state index contributed by atoms with van der Waals surface area (Å²) in [5, 5.41) is 12.5. The number of amides is 3. The first-order valence-electron chi connectivity index (χ1n) is 15.3. The van der Waals surface area contributed by atoms with Crippen LogP contribution in [0.5, 0.6) is 0 Å². The highest BCUT2D eigenvalue weighted by molar-refractivity contribution is 8.14.